The Morgan fingerprint density at radius 3 is 2.16 bits per heavy atom. The first-order valence-electron chi connectivity index (χ1n) is 10.0. The average Bonchev–Trinajstić information content (AvgIpc) is 3.09. The van der Waals surface area contributed by atoms with Gasteiger partial charge in [0.25, 0.3) is 5.91 Å². The SMILES string of the molecule is CCOC(=O)c1c(NC(=O)COc2ccc(OCC)cc2)sc(C(=O)OCCOC)c1C. The van der Waals surface area contributed by atoms with Crippen LogP contribution < -0.4 is 14.8 Å². The van der Waals surface area contributed by atoms with Crippen molar-refractivity contribution in [2.24, 2.45) is 0 Å². The van der Waals surface area contributed by atoms with Gasteiger partial charge in [-0.25, -0.2) is 9.59 Å². The third-order valence-corrected chi connectivity index (χ3v) is 5.28. The summed E-state index contributed by atoms with van der Waals surface area (Å²) < 4.78 is 25.9. The molecule has 2 aromatic rings. The van der Waals surface area contributed by atoms with Crippen molar-refractivity contribution in [3.63, 3.8) is 0 Å². The van der Waals surface area contributed by atoms with Crippen LogP contribution in [-0.2, 0) is 19.0 Å². The highest BCUT2D eigenvalue weighted by Gasteiger charge is 2.27. The summed E-state index contributed by atoms with van der Waals surface area (Å²) >= 11 is 0.944. The summed E-state index contributed by atoms with van der Waals surface area (Å²) in [4.78, 5) is 37.5. The lowest BCUT2D eigenvalue weighted by atomic mass is 10.1. The zero-order chi connectivity index (χ0) is 23.5. The zero-order valence-electron chi connectivity index (χ0n) is 18.5. The lowest BCUT2D eigenvalue weighted by Crippen LogP contribution is -2.21. The Kier molecular flexibility index (Phi) is 9.96. The van der Waals surface area contributed by atoms with E-state index in [2.05, 4.69) is 5.32 Å². The van der Waals surface area contributed by atoms with Crippen molar-refractivity contribution in [1.29, 1.82) is 0 Å². The van der Waals surface area contributed by atoms with Crippen LogP contribution in [0.1, 0.15) is 39.4 Å². The van der Waals surface area contributed by atoms with E-state index < -0.39 is 17.8 Å². The van der Waals surface area contributed by atoms with Gasteiger partial charge in [-0.3, -0.25) is 4.79 Å². The number of thiophene rings is 1. The fraction of sp³-hybridized carbons (Fsp3) is 0.409. The fourth-order valence-electron chi connectivity index (χ4n) is 2.64. The summed E-state index contributed by atoms with van der Waals surface area (Å²) in [5.74, 6) is -0.563. The molecule has 9 nitrogen and oxygen atoms in total. The molecular formula is C22H27NO8S. The summed E-state index contributed by atoms with van der Waals surface area (Å²) in [5, 5.41) is 2.83. The number of amides is 1. The van der Waals surface area contributed by atoms with E-state index in [9.17, 15) is 14.4 Å². The van der Waals surface area contributed by atoms with Crippen LogP contribution in [0.25, 0.3) is 0 Å². The molecule has 2 rings (SSSR count). The molecule has 0 aliphatic heterocycles. The molecule has 0 fully saturated rings. The zero-order valence-corrected chi connectivity index (χ0v) is 19.3. The van der Waals surface area contributed by atoms with Gasteiger partial charge in [0, 0.05) is 7.11 Å². The van der Waals surface area contributed by atoms with Gasteiger partial charge in [-0.05, 0) is 50.6 Å². The van der Waals surface area contributed by atoms with Crippen LogP contribution in [0.4, 0.5) is 5.00 Å². The highest BCUT2D eigenvalue weighted by Crippen LogP contribution is 2.34. The number of hydrogen-bond acceptors (Lipinski definition) is 9. The molecule has 32 heavy (non-hydrogen) atoms. The largest absolute Gasteiger partial charge is 0.494 e. The summed E-state index contributed by atoms with van der Waals surface area (Å²) in [6, 6.07) is 6.84. The molecule has 0 atom stereocenters. The number of nitrogens with one attached hydrogen (secondary N) is 1. The normalized spacial score (nSPS) is 10.4. The molecular weight excluding hydrogens is 438 g/mol. The Bertz CT molecular complexity index is 923. The molecule has 1 N–H and O–H groups in total. The maximum Gasteiger partial charge on any atom is 0.348 e. The van der Waals surface area contributed by atoms with Crippen LogP contribution in [0.5, 0.6) is 11.5 Å². The molecule has 0 aliphatic carbocycles. The number of carbonyl (C=O) groups excluding carboxylic acids is 3. The Morgan fingerprint density at radius 1 is 0.906 bits per heavy atom. The Balaban J connectivity index is 2.11. The van der Waals surface area contributed by atoms with Gasteiger partial charge in [-0.15, -0.1) is 11.3 Å². The molecule has 1 amide bonds. The van der Waals surface area contributed by atoms with Gasteiger partial charge in [0.1, 0.15) is 28.0 Å². The van der Waals surface area contributed by atoms with Crippen molar-refractivity contribution in [1.82, 2.24) is 0 Å². The number of rotatable bonds is 12. The summed E-state index contributed by atoms with van der Waals surface area (Å²) in [6.07, 6.45) is 0. The first kappa shape index (κ1) is 25.2. The number of hydrogen-bond donors (Lipinski definition) is 1. The number of ether oxygens (including phenoxy) is 5. The molecule has 0 unspecified atom stereocenters. The van der Waals surface area contributed by atoms with Gasteiger partial charge in [-0.1, -0.05) is 0 Å². The topological polar surface area (TPSA) is 109 Å². The molecule has 1 aromatic carbocycles. The Morgan fingerprint density at radius 2 is 1.56 bits per heavy atom. The van der Waals surface area contributed by atoms with Crippen molar-refractivity contribution in [2.45, 2.75) is 20.8 Å². The van der Waals surface area contributed by atoms with Gasteiger partial charge in [-0.2, -0.15) is 0 Å². The number of anilines is 1. The molecule has 1 heterocycles. The number of benzene rings is 1. The molecule has 10 heteroatoms. The second kappa shape index (κ2) is 12.7. The first-order chi connectivity index (χ1) is 15.4. The van der Waals surface area contributed by atoms with Gasteiger partial charge in [0.15, 0.2) is 6.61 Å². The standard InChI is InChI=1S/C22H27NO8S/c1-5-28-15-7-9-16(10-8-15)31-13-17(24)23-20-18(21(25)29-6-2)14(3)19(32-20)22(26)30-12-11-27-4/h7-10H,5-6,11-13H2,1-4H3,(H,23,24). The quantitative estimate of drug-likeness (QED) is 0.375. The smallest absolute Gasteiger partial charge is 0.348 e. The summed E-state index contributed by atoms with van der Waals surface area (Å²) in [7, 11) is 1.49. The fourth-order valence-corrected chi connectivity index (χ4v) is 3.74. The van der Waals surface area contributed by atoms with Gasteiger partial charge < -0.3 is 29.0 Å². The first-order valence-corrected chi connectivity index (χ1v) is 10.8. The highest BCUT2D eigenvalue weighted by atomic mass is 32.1. The lowest BCUT2D eigenvalue weighted by Gasteiger charge is -2.09. The van der Waals surface area contributed by atoms with Crippen LogP contribution >= 0.6 is 11.3 Å². The predicted molar refractivity (Wildman–Crippen MR) is 119 cm³/mol. The number of methoxy groups -OCH3 is 1. The van der Waals surface area contributed by atoms with Crippen LogP contribution in [0.2, 0.25) is 0 Å². The van der Waals surface area contributed by atoms with E-state index in [-0.39, 0.29) is 41.9 Å². The van der Waals surface area contributed by atoms with E-state index >= 15 is 0 Å². The van der Waals surface area contributed by atoms with Crippen molar-refractivity contribution >= 4 is 34.2 Å². The van der Waals surface area contributed by atoms with Gasteiger partial charge in [0.05, 0.1) is 25.4 Å². The maximum atomic E-state index is 12.5. The summed E-state index contributed by atoms with van der Waals surface area (Å²) in [6.45, 7) is 5.87. The van der Waals surface area contributed by atoms with Crippen LogP contribution in [0, 0.1) is 6.92 Å². The Labute approximate surface area is 190 Å². The number of esters is 2. The highest BCUT2D eigenvalue weighted by molar-refractivity contribution is 7.18. The lowest BCUT2D eigenvalue weighted by molar-refractivity contribution is -0.118. The van der Waals surface area contributed by atoms with E-state index in [4.69, 9.17) is 23.7 Å². The molecule has 0 radical (unpaired) electrons. The third kappa shape index (κ3) is 6.96. The molecule has 0 saturated heterocycles. The third-order valence-electron chi connectivity index (χ3n) is 4.09. The minimum absolute atomic E-state index is 0.0685. The minimum Gasteiger partial charge on any atom is -0.494 e. The second-order valence-corrected chi connectivity index (χ2v) is 7.37. The minimum atomic E-state index is -0.639. The summed E-state index contributed by atoms with van der Waals surface area (Å²) in [5.41, 5.74) is 0.489. The van der Waals surface area contributed by atoms with Crippen molar-refractivity contribution < 1.29 is 38.1 Å². The predicted octanol–water partition coefficient (Wildman–Crippen LogP) is 3.45. The van der Waals surface area contributed by atoms with Crippen LogP contribution in [0.15, 0.2) is 24.3 Å². The van der Waals surface area contributed by atoms with Gasteiger partial charge >= 0.3 is 11.9 Å². The van der Waals surface area contributed by atoms with E-state index in [1.807, 2.05) is 6.92 Å². The maximum absolute atomic E-state index is 12.5. The van der Waals surface area contributed by atoms with E-state index in [0.717, 1.165) is 11.3 Å². The van der Waals surface area contributed by atoms with E-state index in [1.165, 1.54) is 7.11 Å². The molecule has 1 aromatic heterocycles. The molecule has 0 spiro atoms. The average molecular weight is 466 g/mol. The molecule has 0 saturated carbocycles. The molecule has 174 valence electrons. The van der Waals surface area contributed by atoms with Crippen LogP contribution in [-0.4, -0.2) is 58.0 Å². The van der Waals surface area contributed by atoms with Crippen molar-refractivity contribution in [3.05, 3.63) is 40.3 Å². The second-order valence-electron chi connectivity index (χ2n) is 6.35. The van der Waals surface area contributed by atoms with E-state index in [0.29, 0.717) is 23.7 Å². The Hall–Kier alpha value is -3.11. The number of carbonyl (C=O) groups is 3. The van der Waals surface area contributed by atoms with Crippen LogP contribution in [0.3, 0.4) is 0 Å². The van der Waals surface area contributed by atoms with Gasteiger partial charge in [0.2, 0.25) is 0 Å². The van der Waals surface area contributed by atoms with Crippen molar-refractivity contribution in [3.8, 4) is 11.5 Å². The van der Waals surface area contributed by atoms with E-state index in [1.54, 1.807) is 38.1 Å². The molecule has 0 aliphatic rings. The monoisotopic (exact) mass is 465 g/mol. The van der Waals surface area contributed by atoms with Crippen molar-refractivity contribution in [2.75, 3.05) is 45.5 Å². The molecule has 0 bridgehead atoms.